The molecule has 0 aromatic carbocycles. The van der Waals surface area contributed by atoms with E-state index in [0.717, 1.165) is 25.2 Å². The largest absolute Gasteiger partial charge is 0.418 e. The zero-order chi connectivity index (χ0) is 24.5. The SMILES string of the molecule is CCCC1C=C(Nc2ccc(S(C)(=O)=O)cn2)c2ccc(-c3ncccc3C(F)(F)F)nc2N1. The van der Waals surface area contributed by atoms with Gasteiger partial charge < -0.3 is 10.6 Å². The van der Waals surface area contributed by atoms with Gasteiger partial charge >= 0.3 is 6.18 Å². The number of nitrogens with one attached hydrogen (secondary N) is 2. The van der Waals surface area contributed by atoms with Crippen molar-refractivity contribution in [1.29, 1.82) is 0 Å². The number of hydrogen-bond donors (Lipinski definition) is 2. The average Bonchev–Trinajstić information content (AvgIpc) is 2.78. The Labute approximate surface area is 195 Å². The lowest BCUT2D eigenvalue weighted by atomic mass is 10.0. The predicted molar refractivity (Wildman–Crippen MR) is 124 cm³/mol. The minimum atomic E-state index is -4.56. The van der Waals surface area contributed by atoms with Crippen molar-refractivity contribution < 1.29 is 21.6 Å². The molecule has 0 amide bonds. The molecule has 0 spiro atoms. The van der Waals surface area contributed by atoms with Gasteiger partial charge in [0.1, 0.15) is 17.3 Å². The standard InChI is InChI=1S/C23H22F3N5O2S/c1-3-5-14-12-19(30-20-10-7-15(13-28-20)34(2,32)33)16-8-9-18(31-22(16)29-14)21-17(23(24,25)26)6-4-11-27-21/h4,6-14H,3,5H2,1-2H3,(H,28,30)(H,29,31). The molecule has 3 aromatic rings. The van der Waals surface area contributed by atoms with Crippen LogP contribution in [0.2, 0.25) is 0 Å². The second-order valence-corrected chi connectivity index (χ2v) is 9.90. The summed E-state index contributed by atoms with van der Waals surface area (Å²) in [5, 5.41) is 6.45. The highest BCUT2D eigenvalue weighted by Crippen LogP contribution is 2.37. The summed E-state index contributed by atoms with van der Waals surface area (Å²) < 4.78 is 63.9. The smallest absolute Gasteiger partial charge is 0.363 e. The van der Waals surface area contributed by atoms with Crippen molar-refractivity contribution in [2.45, 2.75) is 36.9 Å². The molecule has 7 nitrogen and oxygen atoms in total. The number of halogens is 3. The van der Waals surface area contributed by atoms with Crippen LogP contribution in [-0.4, -0.2) is 35.7 Å². The van der Waals surface area contributed by atoms with Gasteiger partial charge in [0, 0.05) is 36.0 Å². The van der Waals surface area contributed by atoms with Crippen molar-refractivity contribution >= 4 is 27.2 Å². The van der Waals surface area contributed by atoms with Crippen LogP contribution in [0.5, 0.6) is 0 Å². The highest BCUT2D eigenvalue weighted by atomic mass is 32.2. The number of hydrogen-bond acceptors (Lipinski definition) is 7. The molecule has 4 rings (SSSR count). The molecule has 2 N–H and O–H groups in total. The van der Waals surface area contributed by atoms with Crippen LogP contribution in [0.3, 0.4) is 0 Å². The summed E-state index contributed by atoms with van der Waals surface area (Å²) in [6, 6.07) is 8.29. The minimum Gasteiger partial charge on any atom is -0.363 e. The highest BCUT2D eigenvalue weighted by molar-refractivity contribution is 7.90. The van der Waals surface area contributed by atoms with E-state index in [-0.39, 0.29) is 22.3 Å². The molecule has 1 unspecified atom stereocenters. The molecule has 4 heterocycles. The molecule has 178 valence electrons. The molecule has 34 heavy (non-hydrogen) atoms. The molecular weight excluding hydrogens is 467 g/mol. The lowest BCUT2D eigenvalue weighted by Gasteiger charge is -2.26. The van der Waals surface area contributed by atoms with Crippen molar-refractivity contribution in [1.82, 2.24) is 15.0 Å². The normalized spacial score (nSPS) is 15.8. The first-order valence-corrected chi connectivity index (χ1v) is 12.4. The van der Waals surface area contributed by atoms with E-state index < -0.39 is 21.6 Å². The van der Waals surface area contributed by atoms with E-state index in [4.69, 9.17) is 0 Å². The van der Waals surface area contributed by atoms with Gasteiger partial charge in [-0.2, -0.15) is 13.2 Å². The molecule has 0 saturated carbocycles. The van der Waals surface area contributed by atoms with E-state index >= 15 is 0 Å². The van der Waals surface area contributed by atoms with Crippen LogP contribution in [-0.2, 0) is 16.0 Å². The lowest BCUT2D eigenvalue weighted by Crippen LogP contribution is -2.24. The second kappa shape index (κ2) is 9.05. The van der Waals surface area contributed by atoms with E-state index in [1.54, 1.807) is 12.1 Å². The van der Waals surface area contributed by atoms with Crippen LogP contribution < -0.4 is 10.6 Å². The molecular formula is C23H22F3N5O2S. The zero-order valence-electron chi connectivity index (χ0n) is 18.4. The van der Waals surface area contributed by atoms with Gasteiger partial charge in [-0.05, 0) is 48.9 Å². The summed E-state index contributed by atoms with van der Waals surface area (Å²) in [5.74, 6) is 0.849. The fourth-order valence-corrected chi connectivity index (χ4v) is 4.21. The Hall–Kier alpha value is -3.47. The van der Waals surface area contributed by atoms with Gasteiger partial charge in [0.2, 0.25) is 0 Å². The van der Waals surface area contributed by atoms with Crippen LogP contribution in [0.15, 0.2) is 59.8 Å². The van der Waals surface area contributed by atoms with Crippen LogP contribution in [0.25, 0.3) is 17.1 Å². The van der Waals surface area contributed by atoms with Gasteiger partial charge in [-0.3, -0.25) is 4.98 Å². The van der Waals surface area contributed by atoms with E-state index in [1.807, 2.05) is 13.0 Å². The Morgan fingerprint density at radius 1 is 1.12 bits per heavy atom. The number of nitrogens with zero attached hydrogens (tertiary/aromatic N) is 3. The number of fused-ring (bicyclic) bond motifs is 1. The Bertz CT molecular complexity index is 1340. The van der Waals surface area contributed by atoms with Crippen LogP contribution >= 0.6 is 0 Å². The molecule has 0 saturated heterocycles. The summed E-state index contributed by atoms with van der Waals surface area (Å²) >= 11 is 0. The zero-order valence-corrected chi connectivity index (χ0v) is 19.2. The fraction of sp³-hybridized carbons (Fsp3) is 0.261. The molecule has 1 atom stereocenters. The maximum Gasteiger partial charge on any atom is 0.418 e. The van der Waals surface area contributed by atoms with Crippen LogP contribution in [0.1, 0.15) is 30.9 Å². The Balaban J connectivity index is 1.71. The van der Waals surface area contributed by atoms with Gasteiger partial charge in [-0.1, -0.05) is 13.3 Å². The quantitative estimate of drug-likeness (QED) is 0.503. The highest BCUT2D eigenvalue weighted by Gasteiger charge is 2.35. The first kappa shape index (κ1) is 23.7. The first-order valence-electron chi connectivity index (χ1n) is 10.5. The van der Waals surface area contributed by atoms with E-state index in [9.17, 15) is 21.6 Å². The van der Waals surface area contributed by atoms with Gasteiger partial charge in [0.25, 0.3) is 0 Å². The molecule has 3 aromatic heterocycles. The van der Waals surface area contributed by atoms with Gasteiger partial charge in [0.05, 0.1) is 16.2 Å². The number of rotatable bonds is 6. The third kappa shape index (κ3) is 5.04. The van der Waals surface area contributed by atoms with E-state index in [2.05, 4.69) is 25.6 Å². The monoisotopic (exact) mass is 489 g/mol. The maximum absolute atomic E-state index is 13.5. The summed E-state index contributed by atoms with van der Waals surface area (Å²) in [6.07, 6.45) is 2.72. The summed E-state index contributed by atoms with van der Waals surface area (Å²) in [4.78, 5) is 12.7. The van der Waals surface area contributed by atoms with E-state index in [0.29, 0.717) is 22.9 Å². The summed E-state index contributed by atoms with van der Waals surface area (Å²) in [7, 11) is -3.37. The minimum absolute atomic E-state index is 0.101. The number of aromatic nitrogens is 3. The summed E-state index contributed by atoms with van der Waals surface area (Å²) in [6.45, 7) is 2.02. The van der Waals surface area contributed by atoms with Crippen LogP contribution in [0.4, 0.5) is 24.8 Å². The first-order chi connectivity index (χ1) is 16.1. The summed E-state index contributed by atoms with van der Waals surface area (Å²) in [5.41, 5.74) is 0.324. The van der Waals surface area contributed by atoms with Crippen molar-refractivity contribution in [2.24, 2.45) is 0 Å². The van der Waals surface area contributed by atoms with Crippen molar-refractivity contribution in [3.63, 3.8) is 0 Å². The molecule has 0 aliphatic carbocycles. The Morgan fingerprint density at radius 2 is 1.91 bits per heavy atom. The maximum atomic E-state index is 13.5. The number of anilines is 2. The Kier molecular flexibility index (Phi) is 6.30. The van der Waals surface area contributed by atoms with Gasteiger partial charge in [-0.15, -0.1) is 0 Å². The van der Waals surface area contributed by atoms with Crippen molar-refractivity contribution in [2.75, 3.05) is 16.9 Å². The predicted octanol–water partition coefficient (Wildman–Crippen LogP) is 5.01. The number of pyridine rings is 3. The third-order valence-electron chi connectivity index (χ3n) is 5.26. The van der Waals surface area contributed by atoms with Crippen molar-refractivity contribution in [3.8, 4) is 11.4 Å². The molecule has 1 aliphatic rings. The van der Waals surface area contributed by atoms with Crippen molar-refractivity contribution in [3.05, 3.63) is 66.0 Å². The number of alkyl halides is 3. The molecule has 0 radical (unpaired) electrons. The van der Waals surface area contributed by atoms with Gasteiger partial charge in [0.15, 0.2) is 9.84 Å². The lowest BCUT2D eigenvalue weighted by molar-refractivity contribution is -0.137. The van der Waals surface area contributed by atoms with Gasteiger partial charge in [-0.25, -0.2) is 18.4 Å². The topological polar surface area (TPSA) is 96.9 Å². The number of sulfone groups is 1. The molecule has 0 bridgehead atoms. The fourth-order valence-electron chi connectivity index (χ4n) is 3.65. The second-order valence-electron chi connectivity index (χ2n) is 7.89. The molecule has 0 fully saturated rings. The molecule has 11 heteroatoms. The van der Waals surface area contributed by atoms with Crippen LogP contribution in [0, 0.1) is 0 Å². The molecule has 1 aliphatic heterocycles. The Morgan fingerprint density at radius 3 is 2.56 bits per heavy atom. The third-order valence-corrected chi connectivity index (χ3v) is 6.36. The van der Waals surface area contributed by atoms with E-state index in [1.165, 1.54) is 30.6 Å². The average molecular weight is 490 g/mol.